The summed E-state index contributed by atoms with van der Waals surface area (Å²) in [6.45, 7) is 1.44. The van der Waals surface area contributed by atoms with Gasteiger partial charge in [0.15, 0.2) is 5.82 Å². The molecule has 112 valence electrons. The Kier molecular flexibility index (Phi) is 4.34. The third kappa shape index (κ3) is 3.43. The number of halogens is 1. The summed E-state index contributed by atoms with van der Waals surface area (Å²) < 4.78 is 27.1. The first-order chi connectivity index (χ1) is 9.81. The SMILES string of the molecule is Cc1cc(C(=O)O)cc(S(=O)(=O)NCc2nn[nH]n2)c1Br. The number of aryl methyl sites for hydroxylation is 1. The fourth-order valence-electron chi connectivity index (χ4n) is 1.55. The molecule has 0 aliphatic carbocycles. The maximum atomic E-state index is 12.3. The van der Waals surface area contributed by atoms with Gasteiger partial charge in [-0.2, -0.15) is 5.21 Å². The maximum Gasteiger partial charge on any atom is 0.335 e. The minimum Gasteiger partial charge on any atom is -0.478 e. The number of aromatic nitrogens is 4. The molecular formula is C10H10BrN5O4S. The lowest BCUT2D eigenvalue weighted by Crippen LogP contribution is -2.24. The zero-order valence-corrected chi connectivity index (χ0v) is 13.1. The molecule has 0 amide bonds. The lowest BCUT2D eigenvalue weighted by Gasteiger charge is -2.10. The second-order valence-electron chi connectivity index (χ2n) is 4.06. The molecule has 0 saturated heterocycles. The largest absolute Gasteiger partial charge is 0.478 e. The minimum atomic E-state index is -3.93. The molecule has 0 unspecified atom stereocenters. The van der Waals surface area contributed by atoms with E-state index >= 15 is 0 Å². The van der Waals surface area contributed by atoms with E-state index in [4.69, 9.17) is 5.11 Å². The first-order valence-corrected chi connectivity index (χ1v) is 7.84. The van der Waals surface area contributed by atoms with E-state index in [0.29, 0.717) is 10.0 Å². The zero-order valence-electron chi connectivity index (χ0n) is 10.7. The van der Waals surface area contributed by atoms with Gasteiger partial charge in [-0.15, -0.1) is 10.2 Å². The van der Waals surface area contributed by atoms with Gasteiger partial charge in [0, 0.05) is 4.47 Å². The number of H-pyrrole nitrogens is 1. The number of carboxylic acids is 1. The topological polar surface area (TPSA) is 138 Å². The number of tetrazole rings is 1. The van der Waals surface area contributed by atoms with Crippen LogP contribution in [0.15, 0.2) is 21.5 Å². The number of hydrogen-bond acceptors (Lipinski definition) is 6. The van der Waals surface area contributed by atoms with Crippen LogP contribution in [0.2, 0.25) is 0 Å². The average Bonchev–Trinajstić information content (AvgIpc) is 2.92. The quantitative estimate of drug-likeness (QED) is 0.689. The number of nitrogens with zero attached hydrogens (tertiary/aromatic N) is 3. The van der Waals surface area contributed by atoms with Gasteiger partial charge in [0.2, 0.25) is 10.0 Å². The number of carbonyl (C=O) groups is 1. The van der Waals surface area contributed by atoms with E-state index in [1.54, 1.807) is 6.92 Å². The third-order valence-corrected chi connectivity index (χ3v) is 5.31. The zero-order chi connectivity index (χ0) is 15.6. The molecule has 2 rings (SSSR count). The molecule has 0 aliphatic rings. The molecule has 0 fully saturated rings. The summed E-state index contributed by atoms with van der Waals surface area (Å²) in [6.07, 6.45) is 0. The fraction of sp³-hybridized carbons (Fsp3) is 0.200. The monoisotopic (exact) mass is 375 g/mol. The van der Waals surface area contributed by atoms with Crippen molar-refractivity contribution in [1.82, 2.24) is 25.3 Å². The van der Waals surface area contributed by atoms with Gasteiger partial charge in [-0.25, -0.2) is 17.9 Å². The molecule has 0 spiro atoms. The number of benzene rings is 1. The summed E-state index contributed by atoms with van der Waals surface area (Å²) in [5, 5.41) is 21.7. The van der Waals surface area contributed by atoms with Crippen LogP contribution < -0.4 is 4.72 Å². The van der Waals surface area contributed by atoms with Crippen molar-refractivity contribution in [2.75, 3.05) is 0 Å². The Labute approximate surface area is 127 Å². The lowest BCUT2D eigenvalue weighted by molar-refractivity contribution is 0.0696. The van der Waals surface area contributed by atoms with Crippen molar-refractivity contribution in [3.05, 3.63) is 33.6 Å². The van der Waals surface area contributed by atoms with E-state index in [9.17, 15) is 13.2 Å². The Bertz CT molecular complexity index is 775. The Morgan fingerprint density at radius 1 is 1.48 bits per heavy atom. The van der Waals surface area contributed by atoms with Crippen molar-refractivity contribution < 1.29 is 18.3 Å². The van der Waals surface area contributed by atoms with E-state index in [2.05, 4.69) is 41.3 Å². The normalized spacial score (nSPS) is 11.5. The maximum absolute atomic E-state index is 12.3. The highest BCUT2D eigenvalue weighted by Crippen LogP contribution is 2.27. The fourth-order valence-corrected chi connectivity index (χ4v) is 3.57. The van der Waals surface area contributed by atoms with Crippen LogP contribution in [0.5, 0.6) is 0 Å². The van der Waals surface area contributed by atoms with Gasteiger partial charge in [-0.1, -0.05) is 5.21 Å². The van der Waals surface area contributed by atoms with Gasteiger partial charge in [0.1, 0.15) is 0 Å². The standard InChI is InChI=1S/C10H10BrN5O4S/c1-5-2-6(10(17)18)3-7(9(5)11)21(19,20)12-4-8-13-15-16-14-8/h2-3,12H,4H2,1H3,(H,17,18)(H,13,14,15,16). The smallest absolute Gasteiger partial charge is 0.335 e. The van der Waals surface area contributed by atoms with E-state index in [1.165, 1.54) is 6.07 Å². The lowest BCUT2D eigenvalue weighted by atomic mass is 10.1. The number of rotatable bonds is 5. The van der Waals surface area contributed by atoms with E-state index in [0.717, 1.165) is 6.07 Å². The van der Waals surface area contributed by atoms with Crippen molar-refractivity contribution in [2.45, 2.75) is 18.4 Å². The van der Waals surface area contributed by atoms with Crippen molar-refractivity contribution >= 4 is 31.9 Å². The summed E-state index contributed by atoms with van der Waals surface area (Å²) in [4.78, 5) is 10.9. The molecule has 0 bridgehead atoms. The van der Waals surface area contributed by atoms with E-state index in [-0.39, 0.29) is 22.8 Å². The highest BCUT2D eigenvalue weighted by atomic mass is 79.9. The van der Waals surface area contributed by atoms with E-state index < -0.39 is 16.0 Å². The molecule has 1 aromatic heterocycles. The number of aromatic carboxylic acids is 1. The van der Waals surface area contributed by atoms with Crippen LogP contribution in [0.4, 0.5) is 0 Å². The molecule has 1 heterocycles. The average molecular weight is 376 g/mol. The molecule has 1 aromatic carbocycles. The van der Waals surface area contributed by atoms with Crippen LogP contribution in [0, 0.1) is 6.92 Å². The van der Waals surface area contributed by atoms with Crippen LogP contribution in [0.1, 0.15) is 21.7 Å². The molecule has 0 aliphatic heterocycles. The Balaban J connectivity index is 2.37. The van der Waals surface area contributed by atoms with Crippen molar-refractivity contribution in [2.24, 2.45) is 0 Å². The Morgan fingerprint density at radius 2 is 2.19 bits per heavy atom. The van der Waals surface area contributed by atoms with Crippen LogP contribution in [0.25, 0.3) is 0 Å². The van der Waals surface area contributed by atoms with Crippen LogP contribution >= 0.6 is 15.9 Å². The molecule has 3 N–H and O–H groups in total. The van der Waals surface area contributed by atoms with Gasteiger partial charge >= 0.3 is 5.97 Å². The number of nitrogens with one attached hydrogen (secondary N) is 2. The van der Waals surface area contributed by atoms with Gasteiger partial charge in [0.25, 0.3) is 0 Å². The molecule has 0 saturated carbocycles. The molecule has 9 nitrogen and oxygen atoms in total. The molecule has 21 heavy (non-hydrogen) atoms. The second kappa shape index (κ2) is 5.87. The second-order valence-corrected chi connectivity index (χ2v) is 6.59. The van der Waals surface area contributed by atoms with Crippen LogP contribution in [0.3, 0.4) is 0 Å². The molecular weight excluding hydrogens is 366 g/mol. The summed E-state index contributed by atoms with van der Waals surface area (Å²) >= 11 is 3.16. The summed E-state index contributed by atoms with van der Waals surface area (Å²) in [6, 6.07) is 2.46. The van der Waals surface area contributed by atoms with Crippen molar-refractivity contribution in [3.8, 4) is 0 Å². The highest BCUT2D eigenvalue weighted by molar-refractivity contribution is 9.10. The number of aromatic amines is 1. The Hall–Kier alpha value is -1.85. The first kappa shape index (κ1) is 15.5. The number of carboxylic acid groups (broad SMARTS) is 1. The highest BCUT2D eigenvalue weighted by Gasteiger charge is 2.22. The molecule has 11 heteroatoms. The van der Waals surface area contributed by atoms with Gasteiger partial charge in [-0.3, -0.25) is 0 Å². The van der Waals surface area contributed by atoms with Gasteiger partial charge < -0.3 is 5.11 Å². The summed E-state index contributed by atoms with van der Waals surface area (Å²) in [5.74, 6) is -1.04. The number of sulfonamides is 1. The van der Waals surface area contributed by atoms with Gasteiger partial charge in [-0.05, 0) is 40.5 Å². The molecule has 0 radical (unpaired) electrons. The number of hydrogen-bond donors (Lipinski definition) is 3. The summed E-state index contributed by atoms with van der Waals surface area (Å²) in [5.41, 5.74) is 0.380. The predicted molar refractivity (Wildman–Crippen MR) is 74.0 cm³/mol. The molecule has 2 aromatic rings. The molecule has 0 atom stereocenters. The van der Waals surface area contributed by atoms with Crippen LogP contribution in [-0.4, -0.2) is 40.1 Å². The summed E-state index contributed by atoms with van der Waals surface area (Å²) in [7, 11) is -3.93. The minimum absolute atomic E-state index is 0.115. The third-order valence-electron chi connectivity index (χ3n) is 2.57. The van der Waals surface area contributed by atoms with Crippen molar-refractivity contribution in [3.63, 3.8) is 0 Å². The van der Waals surface area contributed by atoms with Crippen molar-refractivity contribution in [1.29, 1.82) is 0 Å². The first-order valence-electron chi connectivity index (χ1n) is 5.56. The van der Waals surface area contributed by atoms with E-state index in [1.807, 2.05) is 0 Å². The predicted octanol–water partition coefficient (Wildman–Crippen LogP) is 0.447. The van der Waals surface area contributed by atoms with Crippen LogP contribution in [-0.2, 0) is 16.6 Å². The van der Waals surface area contributed by atoms with Gasteiger partial charge in [0.05, 0.1) is 17.0 Å². The Morgan fingerprint density at radius 3 is 2.76 bits per heavy atom.